The van der Waals surface area contributed by atoms with Crippen molar-refractivity contribution in [3.05, 3.63) is 94.7 Å². The monoisotopic (exact) mass is 516 g/mol. The van der Waals surface area contributed by atoms with Crippen LogP contribution >= 0.6 is 0 Å². The Balaban J connectivity index is 1.98. The lowest BCUT2D eigenvalue weighted by molar-refractivity contribution is 0.0954. The molecule has 4 aromatic rings. The Labute approximate surface area is 220 Å². The van der Waals surface area contributed by atoms with Gasteiger partial charge in [-0.1, -0.05) is 26.8 Å². The largest absolute Gasteiger partial charge is 0.455 e. The highest BCUT2D eigenvalue weighted by atomic mass is 19.1. The molecule has 7 heteroatoms. The van der Waals surface area contributed by atoms with Crippen molar-refractivity contribution in [3.63, 3.8) is 0 Å². The van der Waals surface area contributed by atoms with Crippen LogP contribution in [0.5, 0.6) is 0 Å². The minimum absolute atomic E-state index is 0.0894. The number of furan rings is 1. The molecule has 4 rings (SSSR count). The van der Waals surface area contributed by atoms with Gasteiger partial charge in [-0.25, -0.2) is 8.78 Å². The number of nitrogens with one attached hydrogen (secondary N) is 2. The molecule has 0 aliphatic heterocycles. The Hall–Kier alpha value is -4.26. The molecule has 0 fully saturated rings. The Morgan fingerprint density at radius 1 is 0.974 bits per heavy atom. The molecular formula is C31H30F2N2O3. The van der Waals surface area contributed by atoms with Crippen LogP contribution in [-0.4, -0.2) is 18.9 Å². The van der Waals surface area contributed by atoms with Gasteiger partial charge in [-0.15, -0.1) is 0 Å². The zero-order valence-corrected chi connectivity index (χ0v) is 21.9. The van der Waals surface area contributed by atoms with Gasteiger partial charge in [0, 0.05) is 23.7 Å². The molecule has 0 saturated heterocycles. The van der Waals surface area contributed by atoms with E-state index in [9.17, 15) is 18.4 Å². The minimum atomic E-state index is -0.626. The Morgan fingerprint density at radius 2 is 1.68 bits per heavy atom. The minimum Gasteiger partial charge on any atom is -0.455 e. The number of benzene rings is 3. The number of carbonyl (C=O) groups excluding carboxylic acids is 2. The van der Waals surface area contributed by atoms with Crippen LogP contribution < -0.4 is 10.6 Å². The van der Waals surface area contributed by atoms with Gasteiger partial charge in [0.25, 0.3) is 11.8 Å². The predicted octanol–water partition coefficient (Wildman–Crippen LogP) is 7.32. The van der Waals surface area contributed by atoms with Gasteiger partial charge < -0.3 is 15.1 Å². The molecule has 0 saturated carbocycles. The van der Waals surface area contributed by atoms with E-state index in [2.05, 4.69) is 17.2 Å². The first kappa shape index (κ1) is 26.8. The van der Waals surface area contributed by atoms with Crippen molar-refractivity contribution in [2.24, 2.45) is 0 Å². The summed E-state index contributed by atoms with van der Waals surface area (Å²) < 4.78 is 34.7. The summed E-state index contributed by atoms with van der Waals surface area (Å²) in [6.45, 7) is 9.46. The van der Waals surface area contributed by atoms with Gasteiger partial charge in [0.1, 0.15) is 23.0 Å². The molecule has 38 heavy (non-hydrogen) atoms. The Bertz CT molecular complexity index is 1550. The summed E-state index contributed by atoms with van der Waals surface area (Å²) in [7, 11) is 1.53. The summed E-state index contributed by atoms with van der Waals surface area (Å²) in [5.74, 6) is -1.62. The van der Waals surface area contributed by atoms with Gasteiger partial charge in [-0.2, -0.15) is 0 Å². The molecule has 3 aromatic carbocycles. The Kier molecular flexibility index (Phi) is 7.76. The number of allylic oxidation sites excluding steroid dienone is 1. The molecule has 0 radical (unpaired) electrons. The third kappa shape index (κ3) is 5.09. The van der Waals surface area contributed by atoms with E-state index >= 15 is 0 Å². The Morgan fingerprint density at radius 3 is 2.32 bits per heavy atom. The van der Waals surface area contributed by atoms with E-state index in [0.717, 1.165) is 17.5 Å². The van der Waals surface area contributed by atoms with Crippen molar-refractivity contribution >= 4 is 22.8 Å². The molecule has 2 amide bonds. The fourth-order valence-corrected chi connectivity index (χ4v) is 4.52. The first-order valence-corrected chi connectivity index (χ1v) is 12.6. The smallest absolute Gasteiger partial charge is 0.258 e. The summed E-state index contributed by atoms with van der Waals surface area (Å²) in [6, 6.07) is 12.4. The molecule has 0 spiro atoms. The lowest BCUT2D eigenvalue weighted by Crippen LogP contribution is -2.23. The molecule has 0 aliphatic carbocycles. The van der Waals surface area contributed by atoms with E-state index in [1.165, 1.54) is 25.2 Å². The summed E-state index contributed by atoms with van der Waals surface area (Å²) >= 11 is 0. The van der Waals surface area contributed by atoms with E-state index < -0.39 is 17.5 Å². The maximum Gasteiger partial charge on any atom is 0.258 e. The van der Waals surface area contributed by atoms with Crippen LogP contribution in [0.2, 0.25) is 0 Å². The first-order chi connectivity index (χ1) is 18.2. The van der Waals surface area contributed by atoms with Crippen LogP contribution in [0, 0.1) is 18.6 Å². The SMILES string of the molecule is C=C(CC)NC(=O)c1cc(-c2cc3c(C(=O)NC)c(-c4ccc(F)cc4)oc3cc2CCC)c(C)cc1F. The lowest BCUT2D eigenvalue weighted by Gasteiger charge is -2.15. The fraction of sp³-hybridized carbons (Fsp3) is 0.226. The average Bonchev–Trinajstić information content (AvgIpc) is 3.26. The van der Waals surface area contributed by atoms with Gasteiger partial charge in [0.2, 0.25) is 0 Å². The quantitative estimate of drug-likeness (QED) is 0.258. The highest BCUT2D eigenvalue weighted by Crippen LogP contribution is 2.39. The standard InChI is InChI=1S/C31H30F2N2O3/c1-6-8-20-14-27-25(28(31(37)34-5)29(38-27)19-9-11-21(32)12-10-19)16-23(20)22-15-24(26(33)13-17(22)3)30(36)35-18(4)7-2/h9-16H,4,6-8H2,1-3,5H3,(H,34,37)(H,35,36). The first-order valence-electron chi connectivity index (χ1n) is 12.6. The van der Waals surface area contributed by atoms with Crippen molar-refractivity contribution in [3.8, 4) is 22.5 Å². The summed E-state index contributed by atoms with van der Waals surface area (Å²) in [4.78, 5) is 25.9. The molecule has 0 unspecified atom stereocenters. The molecule has 0 atom stereocenters. The fourth-order valence-electron chi connectivity index (χ4n) is 4.52. The van der Waals surface area contributed by atoms with Crippen LogP contribution in [0.15, 0.2) is 65.2 Å². The van der Waals surface area contributed by atoms with Crippen molar-refractivity contribution in [2.75, 3.05) is 7.05 Å². The highest BCUT2D eigenvalue weighted by Gasteiger charge is 2.24. The lowest BCUT2D eigenvalue weighted by atomic mass is 9.90. The van der Waals surface area contributed by atoms with Gasteiger partial charge in [0.15, 0.2) is 0 Å². The van der Waals surface area contributed by atoms with E-state index in [1.54, 1.807) is 25.1 Å². The molecule has 196 valence electrons. The molecule has 0 aliphatic rings. The van der Waals surface area contributed by atoms with E-state index in [4.69, 9.17) is 4.42 Å². The van der Waals surface area contributed by atoms with Crippen LogP contribution in [0.4, 0.5) is 8.78 Å². The van der Waals surface area contributed by atoms with Crippen molar-refractivity contribution in [1.82, 2.24) is 10.6 Å². The summed E-state index contributed by atoms with van der Waals surface area (Å²) in [5, 5.41) is 5.87. The van der Waals surface area contributed by atoms with Gasteiger partial charge in [-0.3, -0.25) is 9.59 Å². The maximum absolute atomic E-state index is 14.9. The number of amides is 2. The van der Waals surface area contributed by atoms with E-state index in [0.29, 0.717) is 57.5 Å². The summed E-state index contributed by atoms with van der Waals surface area (Å²) in [6.07, 6.45) is 2.05. The van der Waals surface area contributed by atoms with Crippen LogP contribution in [0.3, 0.4) is 0 Å². The zero-order chi connectivity index (χ0) is 27.6. The number of hydrogen-bond acceptors (Lipinski definition) is 3. The second kappa shape index (κ2) is 11.0. The number of fused-ring (bicyclic) bond motifs is 1. The molecule has 1 heterocycles. The number of carbonyl (C=O) groups is 2. The van der Waals surface area contributed by atoms with Gasteiger partial charge >= 0.3 is 0 Å². The van der Waals surface area contributed by atoms with Crippen molar-refractivity contribution in [1.29, 1.82) is 0 Å². The second-order valence-corrected chi connectivity index (χ2v) is 9.21. The van der Waals surface area contributed by atoms with E-state index in [1.807, 2.05) is 26.0 Å². The molecular weight excluding hydrogens is 486 g/mol. The van der Waals surface area contributed by atoms with Crippen molar-refractivity contribution in [2.45, 2.75) is 40.0 Å². The molecule has 0 bridgehead atoms. The normalized spacial score (nSPS) is 11.0. The number of hydrogen-bond donors (Lipinski definition) is 2. The van der Waals surface area contributed by atoms with E-state index in [-0.39, 0.29) is 11.5 Å². The van der Waals surface area contributed by atoms with Gasteiger partial charge in [-0.05, 0) is 90.6 Å². The number of halogens is 2. The van der Waals surface area contributed by atoms with Crippen LogP contribution in [0.1, 0.15) is 58.5 Å². The van der Waals surface area contributed by atoms with Crippen molar-refractivity contribution < 1.29 is 22.8 Å². The van der Waals surface area contributed by atoms with Gasteiger partial charge in [0.05, 0.1) is 11.1 Å². The molecule has 5 nitrogen and oxygen atoms in total. The third-order valence-electron chi connectivity index (χ3n) is 6.56. The number of aryl methyl sites for hydroxylation is 2. The summed E-state index contributed by atoms with van der Waals surface area (Å²) in [5.41, 5.74) is 4.82. The van der Waals surface area contributed by atoms with Crippen LogP contribution in [0.25, 0.3) is 33.4 Å². The highest BCUT2D eigenvalue weighted by molar-refractivity contribution is 6.12. The molecule has 1 aromatic heterocycles. The zero-order valence-electron chi connectivity index (χ0n) is 21.9. The average molecular weight is 517 g/mol. The predicted molar refractivity (Wildman–Crippen MR) is 146 cm³/mol. The second-order valence-electron chi connectivity index (χ2n) is 9.21. The molecule has 2 N–H and O–H groups in total. The topological polar surface area (TPSA) is 71.3 Å². The van der Waals surface area contributed by atoms with Crippen LogP contribution in [-0.2, 0) is 6.42 Å². The number of rotatable bonds is 8. The maximum atomic E-state index is 14.9. The third-order valence-corrected chi connectivity index (χ3v) is 6.56.